The number of amidine groups is 2. The molecule has 1 aromatic rings. The van der Waals surface area contributed by atoms with Crippen molar-refractivity contribution in [3.8, 4) is 0 Å². The third-order valence-electron chi connectivity index (χ3n) is 2.00. The molecule has 0 saturated heterocycles. The molecule has 0 aromatic heterocycles. The number of halogens is 1. The van der Waals surface area contributed by atoms with Gasteiger partial charge in [-0.2, -0.15) is 4.99 Å². The number of hydrogen-bond donors (Lipinski definition) is 1. The first-order valence-electron chi connectivity index (χ1n) is 5.36. The van der Waals surface area contributed by atoms with Gasteiger partial charge in [-0.1, -0.05) is 36.9 Å². The number of carbonyl (C=O) groups excluding carboxylic acids is 1. The van der Waals surface area contributed by atoms with Gasteiger partial charge in [-0.3, -0.25) is 10.2 Å². The van der Waals surface area contributed by atoms with Gasteiger partial charge in [0.15, 0.2) is 5.84 Å². The number of allylic oxidation sites excluding steroid dienone is 1. The second-order valence-electron chi connectivity index (χ2n) is 3.42. The van der Waals surface area contributed by atoms with Crippen LogP contribution in [0.15, 0.2) is 64.6 Å². The van der Waals surface area contributed by atoms with E-state index in [-0.39, 0.29) is 16.7 Å². The molecule has 0 aliphatic carbocycles. The zero-order valence-electron chi connectivity index (χ0n) is 10.1. The molecular weight excluding hydrogens is 262 g/mol. The molecule has 0 unspecified atom stereocenters. The van der Waals surface area contributed by atoms with Gasteiger partial charge in [-0.05, 0) is 29.3 Å². The Labute approximate surface area is 116 Å². The zero-order valence-corrected chi connectivity index (χ0v) is 10.8. The van der Waals surface area contributed by atoms with Gasteiger partial charge in [-0.25, -0.2) is 4.99 Å². The zero-order chi connectivity index (χ0) is 14.1. The van der Waals surface area contributed by atoms with E-state index in [2.05, 4.69) is 16.6 Å². The first-order chi connectivity index (χ1) is 9.13. The number of hydrogen-bond acceptors (Lipinski definition) is 2. The predicted molar refractivity (Wildman–Crippen MR) is 79.4 cm³/mol. The fourth-order valence-electron chi connectivity index (χ4n) is 1.09. The minimum atomic E-state index is -0.145. The van der Waals surface area contributed by atoms with Gasteiger partial charge in [-0.15, -0.1) is 0 Å². The van der Waals surface area contributed by atoms with E-state index < -0.39 is 0 Å². The van der Waals surface area contributed by atoms with E-state index in [9.17, 15) is 4.79 Å². The van der Waals surface area contributed by atoms with E-state index in [1.54, 1.807) is 6.21 Å². The van der Waals surface area contributed by atoms with Crippen LogP contribution in [0.25, 0.3) is 0 Å². The van der Waals surface area contributed by atoms with Crippen LogP contribution in [0.3, 0.4) is 0 Å². The molecule has 0 fully saturated rings. The fourth-order valence-corrected chi connectivity index (χ4v) is 1.23. The highest BCUT2D eigenvalue weighted by Crippen LogP contribution is 2.01. The lowest BCUT2D eigenvalue weighted by Crippen LogP contribution is -1.97. The largest absolute Gasteiger partial charge is 0.299 e. The molecule has 0 heterocycles. The normalized spacial score (nSPS) is 11.9. The third kappa shape index (κ3) is 5.70. The van der Waals surface area contributed by atoms with Crippen molar-refractivity contribution in [3.05, 3.63) is 60.2 Å². The molecule has 0 bridgehead atoms. The number of aliphatic imine (C=N–C) groups is 2. The lowest BCUT2D eigenvalue weighted by Gasteiger charge is -1.96. The molecule has 0 aliphatic heterocycles. The van der Waals surface area contributed by atoms with E-state index >= 15 is 0 Å². The van der Waals surface area contributed by atoms with Crippen LogP contribution >= 0.6 is 11.6 Å². The second-order valence-corrected chi connectivity index (χ2v) is 3.76. The Hall–Kier alpha value is -2.33. The predicted octanol–water partition coefficient (Wildman–Crippen LogP) is 2.99. The van der Waals surface area contributed by atoms with Gasteiger partial charge >= 0.3 is 0 Å². The highest BCUT2D eigenvalue weighted by molar-refractivity contribution is 6.66. The molecule has 0 amide bonds. The van der Waals surface area contributed by atoms with Gasteiger partial charge in [0.25, 0.3) is 0 Å². The summed E-state index contributed by atoms with van der Waals surface area (Å²) in [6.07, 6.45) is 4.75. The molecule has 19 heavy (non-hydrogen) atoms. The van der Waals surface area contributed by atoms with Crippen molar-refractivity contribution in [1.82, 2.24) is 0 Å². The number of carbonyl (C=O) groups is 1. The molecule has 4 nitrogen and oxygen atoms in total. The van der Waals surface area contributed by atoms with Crippen LogP contribution in [0.1, 0.15) is 5.56 Å². The van der Waals surface area contributed by atoms with Crippen molar-refractivity contribution in [2.75, 3.05) is 0 Å². The van der Waals surface area contributed by atoms with Crippen LogP contribution < -0.4 is 0 Å². The van der Waals surface area contributed by atoms with E-state index in [1.165, 1.54) is 12.2 Å². The monoisotopic (exact) mass is 273 g/mol. The summed E-state index contributed by atoms with van der Waals surface area (Å²) in [6.45, 7) is 3.58. The molecule has 0 radical (unpaired) electrons. The summed E-state index contributed by atoms with van der Waals surface area (Å²) in [4.78, 5) is 17.8. The molecule has 1 aromatic carbocycles. The maximum Gasteiger partial charge on any atom is 0.224 e. The molecule has 0 saturated carbocycles. The summed E-state index contributed by atoms with van der Waals surface area (Å²) >= 11 is 5.78. The molecule has 0 atom stereocenters. The summed E-state index contributed by atoms with van der Waals surface area (Å²) in [6, 6.07) is 9.38. The molecule has 0 spiro atoms. The minimum absolute atomic E-state index is 0.0745. The Bertz CT molecular complexity index is 559. The maximum atomic E-state index is 10.1. The van der Waals surface area contributed by atoms with E-state index in [0.717, 1.165) is 5.56 Å². The summed E-state index contributed by atoms with van der Waals surface area (Å²) in [5.74, 6) is -0.145. The standard InChI is InChI=1S/C14H12ClN3O/c1-11(6-5-9-19)13(16)18-14(15)17-10-12-7-3-2-4-8-12/h2-10,16H,1H2/b6-5-,16-13?,17-10?,18-14?. The van der Waals surface area contributed by atoms with Gasteiger partial charge in [0.05, 0.1) is 0 Å². The Morgan fingerprint density at radius 3 is 2.63 bits per heavy atom. The number of aldehydes is 1. The molecule has 96 valence electrons. The van der Waals surface area contributed by atoms with E-state index in [4.69, 9.17) is 17.0 Å². The fraction of sp³-hybridized carbons (Fsp3) is 0. The van der Waals surface area contributed by atoms with Crippen molar-refractivity contribution >= 4 is 35.2 Å². The van der Waals surface area contributed by atoms with Crippen LogP contribution in [0.2, 0.25) is 0 Å². The van der Waals surface area contributed by atoms with Crippen molar-refractivity contribution in [1.29, 1.82) is 5.41 Å². The highest BCUT2D eigenvalue weighted by atomic mass is 35.5. The van der Waals surface area contributed by atoms with Crippen LogP contribution in [0.5, 0.6) is 0 Å². The first kappa shape index (κ1) is 14.7. The highest BCUT2D eigenvalue weighted by Gasteiger charge is 1.98. The van der Waals surface area contributed by atoms with Crippen molar-refractivity contribution in [2.45, 2.75) is 0 Å². The van der Waals surface area contributed by atoms with Gasteiger partial charge in [0.2, 0.25) is 5.29 Å². The van der Waals surface area contributed by atoms with E-state index in [0.29, 0.717) is 6.29 Å². The SMILES string of the molecule is C=C(/C=C\C=O)C(=N)N=C(Cl)N=Cc1ccccc1. The molecule has 1 rings (SSSR count). The number of rotatable bonds is 4. The van der Waals surface area contributed by atoms with Crippen molar-refractivity contribution < 1.29 is 4.79 Å². The average molecular weight is 274 g/mol. The number of benzene rings is 1. The van der Waals surface area contributed by atoms with Crippen LogP contribution in [-0.4, -0.2) is 23.6 Å². The summed E-state index contributed by atoms with van der Waals surface area (Å²) < 4.78 is 0. The first-order valence-corrected chi connectivity index (χ1v) is 5.74. The Morgan fingerprint density at radius 1 is 1.32 bits per heavy atom. The third-order valence-corrected chi connectivity index (χ3v) is 2.19. The quantitative estimate of drug-likeness (QED) is 0.225. The van der Waals surface area contributed by atoms with Crippen LogP contribution in [-0.2, 0) is 4.79 Å². The summed E-state index contributed by atoms with van der Waals surface area (Å²) in [5.41, 5.74) is 1.15. The number of nitrogens with one attached hydrogen (secondary N) is 1. The van der Waals surface area contributed by atoms with Gasteiger partial charge in [0, 0.05) is 11.8 Å². The molecule has 1 N–H and O–H groups in total. The second kappa shape index (κ2) is 7.89. The topological polar surface area (TPSA) is 65.6 Å². The van der Waals surface area contributed by atoms with Gasteiger partial charge in [0.1, 0.15) is 6.29 Å². The van der Waals surface area contributed by atoms with Crippen molar-refractivity contribution in [2.24, 2.45) is 9.98 Å². The lowest BCUT2D eigenvalue weighted by molar-refractivity contribution is -0.104. The van der Waals surface area contributed by atoms with Crippen LogP contribution in [0.4, 0.5) is 0 Å². The molecular formula is C14H12ClN3O. The minimum Gasteiger partial charge on any atom is -0.299 e. The molecule has 0 aliphatic rings. The smallest absolute Gasteiger partial charge is 0.224 e. The molecule has 5 heteroatoms. The van der Waals surface area contributed by atoms with Gasteiger partial charge < -0.3 is 0 Å². The maximum absolute atomic E-state index is 10.1. The number of nitrogens with zero attached hydrogens (tertiary/aromatic N) is 2. The van der Waals surface area contributed by atoms with Crippen LogP contribution in [0, 0.1) is 5.41 Å². The lowest BCUT2D eigenvalue weighted by atomic mass is 10.2. The Balaban J connectivity index is 2.69. The van der Waals surface area contributed by atoms with Crippen molar-refractivity contribution in [3.63, 3.8) is 0 Å². The average Bonchev–Trinajstić information content (AvgIpc) is 2.43. The summed E-state index contributed by atoms with van der Waals surface area (Å²) in [5, 5.41) is 7.50. The Morgan fingerprint density at radius 2 is 2.00 bits per heavy atom. The summed E-state index contributed by atoms with van der Waals surface area (Å²) in [7, 11) is 0. The Kier molecular flexibility index (Phi) is 6.12. The van der Waals surface area contributed by atoms with E-state index in [1.807, 2.05) is 30.3 Å².